The van der Waals surface area contributed by atoms with Gasteiger partial charge in [-0.05, 0) is 18.6 Å². The Labute approximate surface area is 91.1 Å². The molecule has 1 rings (SSSR count). The molecule has 0 aliphatic carbocycles. The second-order valence-corrected chi connectivity index (χ2v) is 4.63. The molecule has 0 fully saturated rings. The fraction of sp³-hybridized carbons (Fsp3) is 0.125. The van der Waals surface area contributed by atoms with Gasteiger partial charge in [0.2, 0.25) is 10.0 Å². The predicted octanol–water partition coefficient (Wildman–Crippen LogP) is 0.363. The molecule has 2 N–H and O–H groups in total. The number of hydrogen-bond donors (Lipinski definition) is 1. The smallest absolute Gasteiger partial charge is 0.280 e. The van der Waals surface area contributed by atoms with Crippen molar-refractivity contribution in [2.75, 3.05) is 0 Å². The van der Waals surface area contributed by atoms with Crippen LogP contribution in [0.4, 0.5) is 5.69 Å². The quantitative estimate of drug-likeness (QED) is 0.467. The molecule has 0 bridgehead atoms. The van der Waals surface area contributed by atoms with Crippen LogP contribution in [0.2, 0.25) is 0 Å². The summed E-state index contributed by atoms with van der Waals surface area (Å²) in [6.07, 6.45) is 0.215. The van der Waals surface area contributed by atoms with Crippen molar-refractivity contribution in [1.82, 2.24) is 0 Å². The van der Waals surface area contributed by atoms with Crippen LogP contribution in [-0.2, 0) is 10.0 Å². The van der Waals surface area contributed by atoms with Gasteiger partial charge in [-0.3, -0.25) is 14.9 Å². The first-order valence-electron chi connectivity index (χ1n) is 4.04. The number of sulfonamides is 1. The predicted molar refractivity (Wildman–Crippen MR) is 54.6 cm³/mol. The standard InChI is InChI=1S/C8H8N2O5S/c1-5-2-7(10(12)13)6(4-11)3-8(5)16(9,14)15/h2-4H,1H3,(H2,9,14,15). The molecule has 7 nitrogen and oxygen atoms in total. The Morgan fingerprint density at radius 2 is 2.00 bits per heavy atom. The third-order valence-electron chi connectivity index (χ3n) is 1.95. The van der Waals surface area contributed by atoms with Crippen LogP contribution in [0.3, 0.4) is 0 Å². The minimum Gasteiger partial charge on any atom is -0.298 e. The molecule has 86 valence electrons. The maximum Gasteiger partial charge on any atom is 0.280 e. The highest BCUT2D eigenvalue weighted by Gasteiger charge is 2.20. The van der Waals surface area contributed by atoms with Gasteiger partial charge in [-0.1, -0.05) is 0 Å². The number of nitrogens with zero attached hydrogens (tertiary/aromatic N) is 1. The molecule has 1 aromatic carbocycles. The van der Waals surface area contributed by atoms with Crippen molar-refractivity contribution in [3.05, 3.63) is 33.4 Å². The van der Waals surface area contributed by atoms with Gasteiger partial charge in [-0.25, -0.2) is 13.6 Å². The van der Waals surface area contributed by atoms with E-state index >= 15 is 0 Å². The van der Waals surface area contributed by atoms with E-state index in [2.05, 4.69) is 0 Å². The van der Waals surface area contributed by atoms with Crippen LogP contribution in [0.1, 0.15) is 15.9 Å². The Kier molecular flexibility index (Phi) is 3.06. The van der Waals surface area contributed by atoms with E-state index in [1.54, 1.807) is 0 Å². The molecule has 0 unspecified atom stereocenters. The minimum absolute atomic E-state index is 0.125. The lowest BCUT2D eigenvalue weighted by atomic mass is 10.1. The van der Waals surface area contributed by atoms with Gasteiger partial charge < -0.3 is 0 Å². The second-order valence-electron chi connectivity index (χ2n) is 3.10. The number of nitro groups is 1. The van der Waals surface area contributed by atoms with Crippen LogP contribution in [0.5, 0.6) is 0 Å². The van der Waals surface area contributed by atoms with Gasteiger partial charge in [-0.2, -0.15) is 0 Å². The van der Waals surface area contributed by atoms with Crippen LogP contribution in [-0.4, -0.2) is 19.6 Å². The first kappa shape index (κ1) is 12.3. The van der Waals surface area contributed by atoms with E-state index in [0.717, 1.165) is 12.1 Å². The number of aldehydes is 1. The molecule has 0 aliphatic heterocycles. The van der Waals surface area contributed by atoms with Gasteiger partial charge in [0.15, 0.2) is 6.29 Å². The van der Waals surface area contributed by atoms with Crippen molar-refractivity contribution in [3.63, 3.8) is 0 Å². The summed E-state index contributed by atoms with van der Waals surface area (Å²) in [6.45, 7) is 1.36. The van der Waals surface area contributed by atoms with Crippen LogP contribution < -0.4 is 5.14 Å². The van der Waals surface area contributed by atoms with E-state index in [4.69, 9.17) is 5.14 Å². The molecule has 0 radical (unpaired) electrons. The Morgan fingerprint density at radius 3 is 2.38 bits per heavy atom. The van der Waals surface area contributed by atoms with E-state index in [0.29, 0.717) is 0 Å². The maximum absolute atomic E-state index is 11.1. The highest BCUT2D eigenvalue weighted by Crippen LogP contribution is 2.24. The SMILES string of the molecule is Cc1cc([N+](=O)[O-])c(C=O)cc1S(N)(=O)=O. The summed E-state index contributed by atoms with van der Waals surface area (Å²) in [6, 6.07) is 1.90. The lowest BCUT2D eigenvalue weighted by Crippen LogP contribution is -2.14. The first-order valence-corrected chi connectivity index (χ1v) is 5.59. The molecule has 0 amide bonds. The number of rotatable bonds is 3. The topological polar surface area (TPSA) is 120 Å². The van der Waals surface area contributed by atoms with Gasteiger partial charge in [0.1, 0.15) is 0 Å². The van der Waals surface area contributed by atoms with Crippen molar-refractivity contribution in [1.29, 1.82) is 0 Å². The van der Waals surface area contributed by atoms with Gasteiger partial charge in [-0.15, -0.1) is 0 Å². The summed E-state index contributed by atoms with van der Waals surface area (Å²) in [7, 11) is -3.99. The number of carbonyl (C=O) groups is 1. The van der Waals surface area contributed by atoms with Crippen molar-refractivity contribution in [3.8, 4) is 0 Å². The summed E-state index contributed by atoms with van der Waals surface area (Å²) in [5, 5.41) is 15.5. The number of benzene rings is 1. The van der Waals surface area contributed by atoms with Gasteiger partial charge >= 0.3 is 0 Å². The number of primary sulfonamides is 1. The number of aryl methyl sites for hydroxylation is 1. The molecule has 0 saturated carbocycles. The highest BCUT2D eigenvalue weighted by atomic mass is 32.2. The number of carbonyl (C=O) groups excluding carboxylic acids is 1. The van der Waals surface area contributed by atoms with Gasteiger partial charge in [0.25, 0.3) is 5.69 Å². The van der Waals surface area contributed by atoms with Crippen LogP contribution in [0.15, 0.2) is 17.0 Å². The van der Waals surface area contributed by atoms with Crippen LogP contribution >= 0.6 is 0 Å². The zero-order chi connectivity index (χ0) is 12.5. The van der Waals surface area contributed by atoms with Crippen molar-refractivity contribution in [2.45, 2.75) is 11.8 Å². The highest BCUT2D eigenvalue weighted by molar-refractivity contribution is 7.89. The van der Waals surface area contributed by atoms with E-state index in [-0.39, 0.29) is 22.3 Å². The molecular formula is C8H8N2O5S. The largest absolute Gasteiger partial charge is 0.298 e. The second kappa shape index (κ2) is 3.99. The third-order valence-corrected chi connectivity index (χ3v) is 3.01. The first-order chi connectivity index (χ1) is 7.27. The number of nitro benzene ring substituents is 1. The zero-order valence-corrected chi connectivity index (χ0v) is 9.02. The lowest BCUT2D eigenvalue weighted by Gasteiger charge is -2.04. The van der Waals surface area contributed by atoms with E-state index < -0.39 is 20.6 Å². The average molecular weight is 244 g/mol. The summed E-state index contributed by atoms with van der Waals surface area (Å²) >= 11 is 0. The molecule has 16 heavy (non-hydrogen) atoms. The molecule has 0 spiro atoms. The van der Waals surface area contributed by atoms with Crippen LogP contribution in [0.25, 0.3) is 0 Å². The summed E-state index contributed by atoms with van der Waals surface area (Å²) in [5.41, 5.74) is -0.640. The zero-order valence-electron chi connectivity index (χ0n) is 8.21. The van der Waals surface area contributed by atoms with Gasteiger partial charge in [0.05, 0.1) is 15.4 Å². The Morgan fingerprint density at radius 1 is 1.44 bits per heavy atom. The molecule has 1 aromatic rings. The van der Waals surface area contributed by atoms with Crippen LogP contribution in [0, 0.1) is 17.0 Å². The fourth-order valence-electron chi connectivity index (χ4n) is 1.25. The third kappa shape index (κ3) is 2.23. The summed E-state index contributed by atoms with van der Waals surface area (Å²) in [4.78, 5) is 20.1. The molecule has 0 aromatic heterocycles. The molecule has 0 atom stereocenters. The lowest BCUT2D eigenvalue weighted by molar-refractivity contribution is -0.385. The Hall–Kier alpha value is -1.80. The molecule has 0 saturated heterocycles. The van der Waals surface area contributed by atoms with E-state index in [1.165, 1.54) is 6.92 Å². The fourth-order valence-corrected chi connectivity index (χ4v) is 2.05. The Balaban J connectivity index is 3.62. The van der Waals surface area contributed by atoms with Gasteiger partial charge in [0, 0.05) is 6.07 Å². The number of hydrogen-bond acceptors (Lipinski definition) is 5. The van der Waals surface area contributed by atoms with Crippen molar-refractivity contribution >= 4 is 22.0 Å². The number of nitrogens with two attached hydrogens (primary N) is 1. The molecule has 0 heterocycles. The van der Waals surface area contributed by atoms with E-state index in [9.17, 15) is 23.3 Å². The molecule has 0 aliphatic rings. The minimum atomic E-state index is -3.99. The molecule has 8 heteroatoms. The van der Waals surface area contributed by atoms with E-state index in [1.807, 2.05) is 0 Å². The van der Waals surface area contributed by atoms with Crippen molar-refractivity contribution in [2.24, 2.45) is 5.14 Å². The normalized spacial score (nSPS) is 11.1. The summed E-state index contributed by atoms with van der Waals surface area (Å²) < 4.78 is 22.2. The molecular weight excluding hydrogens is 236 g/mol. The van der Waals surface area contributed by atoms with Crippen molar-refractivity contribution < 1.29 is 18.1 Å². The maximum atomic E-state index is 11.1. The Bertz CT molecular complexity index is 564. The monoisotopic (exact) mass is 244 g/mol. The summed E-state index contributed by atoms with van der Waals surface area (Å²) in [5.74, 6) is 0. The average Bonchev–Trinajstić information content (AvgIpc) is 2.15.